The zero-order chi connectivity index (χ0) is 12.6. The molecule has 1 N–H and O–H groups in total. The predicted molar refractivity (Wildman–Crippen MR) is 77.8 cm³/mol. The molecule has 0 saturated carbocycles. The van der Waals surface area contributed by atoms with Crippen LogP contribution in [0.3, 0.4) is 0 Å². The van der Waals surface area contributed by atoms with Crippen molar-refractivity contribution < 1.29 is 4.74 Å². The first-order valence-corrected chi connectivity index (χ1v) is 7.82. The van der Waals surface area contributed by atoms with Gasteiger partial charge in [0.15, 0.2) is 0 Å². The number of ether oxygens (including phenoxy) is 1. The lowest BCUT2D eigenvalue weighted by Crippen LogP contribution is -2.27. The smallest absolute Gasteiger partial charge is 0.139 e. The minimum absolute atomic E-state index is 0.744. The fourth-order valence-corrected chi connectivity index (χ4v) is 2.26. The highest BCUT2D eigenvalue weighted by Gasteiger charge is 2.10. The lowest BCUT2D eigenvalue weighted by molar-refractivity contribution is 0.342. The first-order chi connectivity index (χ1) is 8.90. The third-order valence-electron chi connectivity index (χ3n) is 2.96. The Kier molecular flexibility index (Phi) is 5.61. The van der Waals surface area contributed by atoms with E-state index in [1.807, 2.05) is 6.20 Å². The highest BCUT2D eigenvalue weighted by molar-refractivity contribution is 7.98. The highest BCUT2D eigenvalue weighted by atomic mass is 32.2. The van der Waals surface area contributed by atoms with E-state index in [1.165, 1.54) is 12.1 Å². The highest BCUT2D eigenvalue weighted by Crippen LogP contribution is 2.20. The number of nitrogens with zero attached hydrogens (tertiary/aromatic N) is 2. The molecule has 1 aliphatic heterocycles. The van der Waals surface area contributed by atoms with E-state index in [0.29, 0.717) is 0 Å². The third kappa shape index (κ3) is 4.07. The average Bonchev–Trinajstić information content (AvgIpc) is 2.68. The van der Waals surface area contributed by atoms with Crippen LogP contribution in [0.25, 0.3) is 0 Å². The van der Waals surface area contributed by atoms with E-state index in [2.05, 4.69) is 27.5 Å². The van der Waals surface area contributed by atoms with E-state index in [4.69, 9.17) is 4.74 Å². The normalized spacial score (nSPS) is 16.4. The fourth-order valence-electron chi connectivity index (χ4n) is 2.01. The summed E-state index contributed by atoms with van der Waals surface area (Å²) in [5, 5.41) is 3.41. The van der Waals surface area contributed by atoms with E-state index in [9.17, 15) is 0 Å². The van der Waals surface area contributed by atoms with Gasteiger partial charge in [0, 0.05) is 31.5 Å². The van der Waals surface area contributed by atoms with Crippen molar-refractivity contribution in [1.82, 2.24) is 10.3 Å². The van der Waals surface area contributed by atoms with Gasteiger partial charge in [0.1, 0.15) is 5.75 Å². The second kappa shape index (κ2) is 7.48. The number of aromatic nitrogens is 1. The van der Waals surface area contributed by atoms with Crippen LogP contribution in [0.15, 0.2) is 18.5 Å². The molecule has 0 unspecified atom stereocenters. The summed E-state index contributed by atoms with van der Waals surface area (Å²) < 4.78 is 5.68. The Morgan fingerprint density at radius 1 is 1.39 bits per heavy atom. The maximum absolute atomic E-state index is 5.68. The molecule has 5 heteroatoms. The standard InChI is InChI=1S/C13H21N3OS/c1-18-8-7-17-13-9-12(10-15-11-13)16-5-2-3-14-4-6-16/h9-11,14H,2-8H2,1H3. The third-order valence-corrected chi connectivity index (χ3v) is 3.54. The Hall–Kier alpha value is -0.940. The first-order valence-electron chi connectivity index (χ1n) is 6.42. The number of pyridine rings is 1. The van der Waals surface area contributed by atoms with Gasteiger partial charge < -0.3 is 15.0 Å². The number of rotatable bonds is 5. The maximum atomic E-state index is 5.68. The summed E-state index contributed by atoms with van der Waals surface area (Å²) in [5.41, 5.74) is 1.17. The van der Waals surface area contributed by atoms with Crippen molar-refractivity contribution in [2.75, 3.05) is 49.7 Å². The average molecular weight is 267 g/mol. The second-order valence-corrected chi connectivity index (χ2v) is 5.30. The molecular weight excluding hydrogens is 246 g/mol. The van der Waals surface area contributed by atoms with Crippen molar-refractivity contribution in [2.45, 2.75) is 6.42 Å². The predicted octanol–water partition coefficient (Wildman–Crippen LogP) is 1.62. The topological polar surface area (TPSA) is 37.4 Å². The molecule has 2 heterocycles. The summed E-state index contributed by atoms with van der Waals surface area (Å²) in [6.07, 6.45) is 6.98. The SMILES string of the molecule is CSCCOc1cncc(N2CCCNCC2)c1. The zero-order valence-corrected chi connectivity index (χ0v) is 11.7. The maximum Gasteiger partial charge on any atom is 0.139 e. The zero-order valence-electron chi connectivity index (χ0n) is 10.9. The Morgan fingerprint density at radius 2 is 2.33 bits per heavy atom. The van der Waals surface area contributed by atoms with Gasteiger partial charge in [-0.25, -0.2) is 0 Å². The molecule has 0 atom stereocenters. The Balaban J connectivity index is 1.96. The first kappa shape index (κ1) is 13.5. The van der Waals surface area contributed by atoms with Crippen LogP contribution in [0.2, 0.25) is 0 Å². The Morgan fingerprint density at radius 3 is 3.22 bits per heavy atom. The Bertz CT molecular complexity index is 354. The van der Waals surface area contributed by atoms with Crippen molar-refractivity contribution in [3.8, 4) is 5.75 Å². The second-order valence-electron chi connectivity index (χ2n) is 4.31. The number of thioether (sulfide) groups is 1. The molecule has 1 aromatic rings. The molecule has 0 radical (unpaired) electrons. The monoisotopic (exact) mass is 267 g/mol. The van der Waals surface area contributed by atoms with E-state index in [-0.39, 0.29) is 0 Å². The number of hydrogen-bond donors (Lipinski definition) is 1. The van der Waals surface area contributed by atoms with Gasteiger partial charge in [0.25, 0.3) is 0 Å². The van der Waals surface area contributed by atoms with Gasteiger partial charge in [0.05, 0.1) is 24.7 Å². The van der Waals surface area contributed by atoms with Crippen LogP contribution in [-0.4, -0.2) is 49.8 Å². The van der Waals surface area contributed by atoms with Gasteiger partial charge in [-0.05, 0) is 19.2 Å². The number of nitrogens with one attached hydrogen (secondary N) is 1. The van der Waals surface area contributed by atoms with Crippen LogP contribution in [0.1, 0.15) is 6.42 Å². The van der Waals surface area contributed by atoms with Crippen molar-refractivity contribution in [3.05, 3.63) is 18.5 Å². The van der Waals surface area contributed by atoms with Gasteiger partial charge >= 0.3 is 0 Å². The van der Waals surface area contributed by atoms with Crippen molar-refractivity contribution in [1.29, 1.82) is 0 Å². The summed E-state index contributed by atoms with van der Waals surface area (Å²) in [5.74, 6) is 1.89. The summed E-state index contributed by atoms with van der Waals surface area (Å²) >= 11 is 1.79. The molecule has 18 heavy (non-hydrogen) atoms. The van der Waals surface area contributed by atoms with Crippen LogP contribution in [0.5, 0.6) is 5.75 Å². The van der Waals surface area contributed by atoms with Gasteiger partial charge in [0.2, 0.25) is 0 Å². The van der Waals surface area contributed by atoms with Gasteiger partial charge in [-0.1, -0.05) is 0 Å². The van der Waals surface area contributed by atoms with Crippen LogP contribution < -0.4 is 15.0 Å². The van der Waals surface area contributed by atoms with Crippen LogP contribution >= 0.6 is 11.8 Å². The molecule has 1 aromatic heterocycles. The lowest BCUT2D eigenvalue weighted by atomic mass is 10.3. The molecule has 100 valence electrons. The van der Waals surface area contributed by atoms with Crippen molar-refractivity contribution in [2.24, 2.45) is 0 Å². The molecule has 4 nitrogen and oxygen atoms in total. The quantitative estimate of drug-likeness (QED) is 0.821. The van der Waals surface area contributed by atoms with Crippen LogP contribution in [0.4, 0.5) is 5.69 Å². The van der Waals surface area contributed by atoms with E-state index in [0.717, 1.165) is 44.3 Å². The molecule has 1 aliphatic rings. The molecule has 0 aliphatic carbocycles. The summed E-state index contributed by atoms with van der Waals surface area (Å²) in [4.78, 5) is 6.64. The molecule has 2 rings (SSSR count). The van der Waals surface area contributed by atoms with Gasteiger partial charge in [-0.3, -0.25) is 4.98 Å². The summed E-state index contributed by atoms with van der Waals surface area (Å²) in [6.45, 7) is 5.01. The number of hydrogen-bond acceptors (Lipinski definition) is 5. The fraction of sp³-hybridized carbons (Fsp3) is 0.615. The lowest BCUT2D eigenvalue weighted by Gasteiger charge is -2.22. The summed E-state index contributed by atoms with van der Waals surface area (Å²) in [7, 11) is 0. The Labute approximate surface area is 113 Å². The van der Waals surface area contributed by atoms with Gasteiger partial charge in [-0.2, -0.15) is 11.8 Å². The molecule has 0 amide bonds. The molecule has 1 saturated heterocycles. The molecule has 0 spiro atoms. The molecule has 1 fully saturated rings. The number of anilines is 1. The largest absolute Gasteiger partial charge is 0.491 e. The van der Waals surface area contributed by atoms with Crippen molar-refractivity contribution >= 4 is 17.4 Å². The van der Waals surface area contributed by atoms with Crippen LogP contribution in [0, 0.1) is 0 Å². The summed E-state index contributed by atoms with van der Waals surface area (Å²) in [6, 6.07) is 2.10. The van der Waals surface area contributed by atoms with E-state index < -0.39 is 0 Å². The molecule has 0 aromatic carbocycles. The van der Waals surface area contributed by atoms with Crippen molar-refractivity contribution in [3.63, 3.8) is 0 Å². The van der Waals surface area contributed by atoms with E-state index in [1.54, 1.807) is 18.0 Å². The molecular formula is C13H21N3OS. The van der Waals surface area contributed by atoms with Gasteiger partial charge in [-0.15, -0.1) is 0 Å². The van der Waals surface area contributed by atoms with Crippen LogP contribution in [-0.2, 0) is 0 Å². The van der Waals surface area contributed by atoms with E-state index >= 15 is 0 Å². The minimum Gasteiger partial charge on any atom is -0.491 e. The molecule has 0 bridgehead atoms. The minimum atomic E-state index is 0.744.